The van der Waals surface area contributed by atoms with Crippen LogP contribution in [0.1, 0.15) is 0 Å². The van der Waals surface area contributed by atoms with Crippen LogP contribution in [0.5, 0.6) is 6.01 Å². The number of hydrogen-bond acceptors (Lipinski definition) is 4. The van der Waals surface area contributed by atoms with E-state index in [0.717, 1.165) is 0 Å². The van der Waals surface area contributed by atoms with Crippen molar-refractivity contribution >= 4 is 31.9 Å². The molecule has 0 unspecified atom stereocenters. The van der Waals surface area contributed by atoms with Crippen molar-refractivity contribution in [3.05, 3.63) is 15.3 Å². The second-order valence-electron chi connectivity index (χ2n) is 2.14. The number of ether oxygens (including phenoxy) is 2. The molecule has 0 aliphatic carbocycles. The van der Waals surface area contributed by atoms with Crippen LogP contribution < -0.4 is 4.74 Å². The van der Waals surface area contributed by atoms with Crippen LogP contribution in [0.25, 0.3) is 0 Å². The summed E-state index contributed by atoms with van der Waals surface area (Å²) in [7, 11) is 1.61. The molecule has 0 aliphatic heterocycles. The molecule has 72 valence electrons. The Balaban J connectivity index is 2.56. The Labute approximate surface area is 92.9 Å². The summed E-state index contributed by atoms with van der Waals surface area (Å²) >= 11 is 6.46. The van der Waals surface area contributed by atoms with E-state index in [4.69, 9.17) is 9.47 Å². The fourth-order valence-electron chi connectivity index (χ4n) is 0.651. The van der Waals surface area contributed by atoms with Gasteiger partial charge in [0.15, 0.2) is 0 Å². The van der Waals surface area contributed by atoms with Gasteiger partial charge in [-0.25, -0.2) is 0 Å². The predicted octanol–water partition coefficient (Wildman–Crippen LogP) is 2.03. The van der Waals surface area contributed by atoms with Crippen molar-refractivity contribution in [3.8, 4) is 6.01 Å². The molecule has 0 N–H and O–H groups in total. The van der Waals surface area contributed by atoms with Crippen LogP contribution in [0.4, 0.5) is 0 Å². The van der Waals surface area contributed by atoms with Crippen molar-refractivity contribution in [1.29, 1.82) is 0 Å². The molecule has 1 aromatic rings. The van der Waals surface area contributed by atoms with Crippen LogP contribution in [-0.2, 0) is 4.74 Å². The van der Waals surface area contributed by atoms with Gasteiger partial charge in [-0.3, -0.25) is 0 Å². The summed E-state index contributed by atoms with van der Waals surface area (Å²) in [5.41, 5.74) is 0. The Kier molecular flexibility index (Phi) is 4.61. The molecule has 0 atom stereocenters. The maximum Gasteiger partial charge on any atom is 0.318 e. The van der Waals surface area contributed by atoms with Gasteiger partial charge in [-0.05, 0) is 31.9 Å². The van der Waals surface area contributed by atoms with E-state index in [1.807, 2.05) is 0 Å². The number of hydrogen-bond donors (Lipinski definition) is 0. The lowest BCUT2D eigenvalue weighted by Crippen LogP contribution is -2.06. The molecule has 0 fully saturated rings. The van der Waals surface area contributed by atoms with Gasteiger partial charge >= 0.3 is 6.01 Å². The third-order valence-electron chi connectivity index (χ3n) is 1.16. The quantitative estimate of drug-likeness (QED) is 0.630. The zero-order chi connectivity index (χ0) is 9.68. The molecule has 1 aromatic heterocycles. The number of rotatable bonds is 4. The van der Waals surface area contributed by atoms with Gasteiger partial charge in [0, 0.05) is 13.2 Å². The third kappa shape index (κ3) is 4.02. The molecule has 1 heterocycles. The zero-order valence-electron chi connectivity index (χ0n) is 6.96. The zero-order valence-corrected chi connectivity index (χ0v) is 10.1. The molecule has 4 nitrogen and oxygen atoms in total. The van der Waals surface area contributed by atoms with E-state index >= 15 is 0 Å². The highest BCUT2D eigenvalue weighted by atomic mass is 79.9. The van der Waals surface area contributed by atoms with Gasteiger partial charge in [-0.2, -0.15) is 9.97 Å². The number of methoxy groups -OCH3 is 1. The first-order valence-electron chi connectivity index (χ1n) is 3.54. The van der Waals surface area contributed by atoms with E-state index < -0.39 is 0 Å². The van der Waals surface area contributed by atoms with Crippen molar-refractivity contribution in [2.24, 2.45) is 0 Å². The Bertz CT molecular complexity index is 263. The molecular weight excluding hydrogens is 304 g/mol. The van der Waals surface area contributed by atoms with Gasteiger partial charge in [0.05, 0.1) is 6.61 Å². The van der Waals surface area contributed by atoms with Gasteiger partial charge in [0.2, 0.25) is 0 Å². The molecule has 0 spiro atoms. The Morgan fingerprint density at radius 3 is 2.38 bits per heavy atom. The lowest BCUT2D eigenvalue weighted by molar-refractivity contribution is 0.140. The minimum Gasteiger partial charge on any atom is -0.461 e. The monoisotopic (exact) mass is 310 g/mol. The van der Waals surface area contributed by atoms with Crippen molar-refractivity contribution in [3.63, 3.8) is 0 Å². The van der Waals surface area contributed by atoms with E-state index in [-0.39, 0.29) is 0 Å². The smallest absolute Gasteiger partial charge is 0.318 e. The molecule has 0 aliphatic rings. The minimum absolute atomic E-state index is 0.332. The minimum atomic E-state index is 0.332. The van der Waals surface area contributed by atoms with E-state index in [0.29, 0.717) is 28.4 Å². The van der Waals surface area contributed by atoms with Gasteiger partial charge in [0.1, 0.15) is 15.8 Å². The second-order valence-corrected chi connectivity index (χ2v) is 3.76. The van der Waals surface area contributed by atoms with Crippen molar-refractivity contribution in [1.82, 2.24) is 9.97 Å². The first-order chi connectivity index (χ1) is 6.22. The van der Waals surface area contributed by atoms with Crippen LogP contribution >= 0.6 is 31.9 Å². The normalized spacial score (nSPS) is 10.1. The molecule has 1 rings (SSSR count). The highest BCUT2D eigenvalue weighted by Gasteiger charge is 2.01. The number of aromatic nitrogens is 2. The first kappa shape index (κ1) is 10.9. The van der Waals surface area contributed by atoms with Gasteiger partial charge in [-0.15, -0.1) is 0 Å². The van der Waals surface area contributed by atoms with Crippen LogP contribution in [0.3, 0.4) is 0 Å². The Hall–Kier alpha value is -0.200. The average Bonchev–Trinajstić information content (AvgIpc) is 2.03. The largest absolute Gasteiger partial charge is 0.461 e. The summed E-state index contributed by atoms with van der Waals surface area (Å²) in [4.78, 5) is 8.01. The summed E-state index contributed by atoms with van der Waals surface area (Å²) in [6.07, 6.45) is 0. The fraction of sp³-hybridized carbons (Fsp3) is 0.429. The SMILES string of the molecule is COCCOc1nc(Br)cc(Br)n1. The van der Waals surface area contributed by atoms with E-state index in [1.165, 1.54) is 0 Å². The van der Waals surface area contributed by atoms with Crippen LogP contribution in [-0.4, -0.2) is 30.3 Å². The van der Waals surface area contributed by atoms with Crippen LogP contribution in [0, 0.1) is 0 Å². The standard InChI is InChI=1S/C7H8Br2N2O2/c1-12-2-3-13-7-10-5(8)4-6(9)11-7/h4H,2-3H2,1H3. The topological polar surface area (TPSA) is 44.2 Å². The first-order valence-corrected chi connectivity index (χ1v) is 5.13. The van der Waals surface area contributed by atoms with Crippen molar-refractivity contribution in [2.75, 3.05) is 20.3 Å². The molecule has 13 heavy (non-hydrogen) atoms. The van der Waals surface area contributed by atoms with E-state index in [9.17, 15) is 0 Å². The summed E-state index contributed by atoms with van der Waals surface area (Å²) in [6.45, 7) is 0.965. The number of nitrogens with zero attached hydrogens (tertiary/aromatic N) is 2. The second kappa shape index (κ2) is 5.51. The maximum atomic E-state index is 5.20. The van der Waals surface area contributed by atoms with E-state index in [2.05, 4.69) is 41.8 Å². The molecule has 0 saturated carbocycles. The maximum absolute atomic E-state index is 5.20. The van der Waals surface area contributed by atoms with Crippen molar-refractivity contribution in [2.45, 2.75) is 0 Å². The molecular formula is C7H8Br2N2O2. The average molecular weight is 312 g/mol. The molecule has 0 amide bonds. The summed E-state index contributed by atoms with van der Waals surface area (Å²) in [6, 6.07) is 2.07. The molecule has 0 saturated heterocycles. The Morgan fingerprint density at radius 1 is 1.23 bits per heavy atom. The lowest BCUT2D eigenvalue weighted by atomic mass is 10.7. The molecule has 6 heteroatoms. The van der Waals surface area contributed by atoms with Gasteiger partial charge in [0.25, 0.3) is 0 Å². The molecule has 0 radical (unpaired) electrons. The molecule has 0 aromatic carbocycles. The molecule has 0 bridgehead atoms. The highest BCUT2D eigenvalue weighted by Crippen LogP contribution is 2.16. The Morgan fingerprint density at radius 2 is 1.85 bits per heavy atom. The number of halogens is 2. The highest BCUT2D eigenvalue weighted by molar-refractivity contribution is 9.11. The van der Waals surface area contributed by atoms with Crippen molar-refractivity contribution < 1.29 is 9.47 Å². The third-order valence-corrected chi connectivity index (χ3v) is 1.97. The summed E-state index contributed by atoms with van der Waals surface area (Å²) in [5.74, 6) is 0. The van der Waals surface area contributed by atoms with Crippen LogP contribution in [0.2, 0.25) is 0 Å². The van der Waals surface area contributed by atoms with Gasteiger partial charge < -0.3 is 9.47 Å². The predicted molar refractivity (Wildman–Crippen MR) is 54.8 cm³/mol. The van der Waals surface area contributed by atoms with E-state index in [1.54, 1.807) is 13.2 Å². The fourth-order valence-corrected chi connectivity index (χ4v) is 1.70. The van der Waals surface area contributed by atoms with Gasteiger partial charge in [-0.1, -0.05) is 0 Å². The van der Waals surface area contributed by atoms with Crippen LogP contribution in [0.15, 0.2) is 15.3 Å². The summed E-state index contributed by atoms with van der Waals surface area (Å²) < 4.78 is 11.4. The lowest BCUT2D eigenvalue weighted by Gasteiger charge is -2.03. The summed E-state index contributed by atoms with van der Waals surface area (Å²) in [5, 5.41) is 0.